The SMILES string of the molecule is CCCNC(=O)c1cccc(NC(=O)c2ccc(OCCC(C)C)c(Br)c2)c1. The Morgan fingerprint density at radius 2 is 1.82 bits per heavy atom. The zero-order chi connectivity index (χ0) is 20.5. The molecule has 0 aromatic heterocycles. The van der Waals surface area contributed by atoms with Gasteiger partial charge < -0.3 is 15.4 Å². The summed E-state index contributed by atoms with van der Waals surface area (Å²) in [6, 6.07) is 12.1. The van der Waals surface area contributed by atoms with Crippen LogP contribution in [-0.2, 0) is 0 Å². The number of ether oxygens (including phenoxy) is 1. The fourth-order valence-corrected chi connectivity index (χ4v) is 2.94. The quantitative estimate of drug-likeness (QED) is 0.551. The smallest absolute Gasteiger partial charge is 0.255 e. The van der Waals surface area contributed by atoms with Gasteiger partial charge in [-0.05, 0) is 71.1 Å². The highest BCUT2D eigenvalue weighted by Gasteiger charge is 2.11. The second-order valence-corrected chi connectivity index (χ2v) is 7.82. The van der Waals surface area contributed by atoms with Crippen molar-refractivity contribution in [2.24, 2.45) is 5.92 Å². The lowest BCUT2D eigenvalue weighted by Gasteiger charge is -2.11. The Kier molecular flexibility index (Phi) is 8.51. The Balaban J connectivity index is 2.02. The molecule has 0 bridgehead atoms. The minimum absolute atomic E-state index is 0.149. The summed E-state index contributed by atoms with van der Waals surface area (Å²) in [7, 11) is 0. The maximum absolute atomic E-state index is 12.6. The standard InChI is InChI=1S/C22H27BrN2O3/c1-4-11-24-21(26)16-6-5-7-18(13-16)25-22(27)17-8-9-20(19(23)14-17)28-12-10-15(2)3/h5-9,13-15H,4,10-12H2,1-3H3,(H,24,26)(H,25,27). The van der Waals surface area contributed by atoms with Crippen molar-refractivity contribution < 1.29 is 14.3 Å². The summed E-state index contributed by atoms with van der Waals surface area (Å²) in [6.45, 7) is 7.54. The maximum Gasteiger partial charge on any atom is 0.255 e. The van der Waals surface area contributed by atoms with Crippen molar-refractivity contribution >= 4 is 33.4 Å². The minimum atomic E-state index is -0.249. The highest BCUT2D eigenvalue weighted by Crippen LogP contribution is 2.27. The molecule has 0 aliphatic heterocycles. The molecule has 0 heterocycles. The summed E-state index contributed by atoms with van der Waals surface area (Å²) in [5, 5.41) is 5.66. The molecule has 2 aromatic rings. The van der Waals surface area contributed by atoms with Gasteiger partial charge in [0.15, 0.2) is 0 Å². The third-order valence-corrected chi connectivity index (χ3v) is 4.68. The van der Waals surface area contributed by atoms with Gasteiger partial charge in [0.05, 0.1) is 11.1 Å². The Morgan fingerprint density at radius 1 is 1.07 bits per heavy atom. The van der Waals surface area contributed by atoms with Crippen molar-refractivity contribution in [3.05, 3.63) is 58.1 Å². The number of nitrogens with one attached hydrogen (secondary N) is 2. The highest BCUT2D eigenvalue weighted by atomic mass is 79.9. The molecule has 0 aliphatic carbocycles. The van der Waals surface area contributed by atoms with E-state index in [1.54, 1.807) is 42.5 Å². The zero-order valence-corrected chi connectivity index (χ0v) is 18.1. The highest BCUT2D eigenvalue weighted by molar-refractivity contribution is 9.10. The summed E-state index contributed by atoms with van der Waals surface area (Å²) in [4.78, 5) is 24.6. The van der Waals surface area contributed by atoms with Crippen molar-refractivity contribution in [2.45, 2.75) is 33.6 Å². The molecular weight excluding hydrogens is 420 g/mol. The summed E-state index contributed by atoms with van der Waals surface area (Å²) >= 11 is 3.46. The minimum Gasteiger partial charge on any atom is -0.492 e. The van der Waals surface area contributed by atoms with Gasteiger partial charge in [-0.25, -0.2) is 0 Å². The van der Waals surface area contributed by atoms with E-state index in [9.17, 15) is 9.59 Å². The van der Waals surface area contributed by atoms with E-state index in [4.69, 9.17) is 4.74 Å². The second-order valence-electron chi connectivity index (χ2n) is 6.97. The molecule has 0 spiro atoms. The molecule has 2 amide bonds. The van der Waals surface area contributed by atoms with E-state index < -0.39 is 0 Å². The van der Waals surface area contributed by atoms with Gasteiger partial charge in [-0.2, -0.15) is 0 Å². The molecule has 0 atom stereocenters. The van der Waals surface area contributed by atoms with E-state index >= 15 is 0 Å². The second kappa shape index (κ2) is 10.9. The molecule has 0 fully saturated rings. The molecule has 5 nitrogen and oxygen atoms in total. The van der Waals surface area contributed by atoms with Gasteiger partial charge in [0.2, 0.25) is 0 Å². The van der Waals surface area contributed by atoms with Crippen LogP contribution in [0.5, 0.6) is 5.75 Å². The van der Waals surface area contributed by atoms with Gasteiger partial charge in [-0.3, -0.25) is 9.59 Å². The summed E-state index contributed by atoms with van der Waals surface area (Å²) in [6.07, 6.45) is 1.84. The van der Waals surface area contributed by atoms with Crippen LogP contribution in [0.1, 0.15) is 54.3 Å². The lowest BCUT2D eigenvalue weighted by molar-refractivity contribution is 0.0952. The van der Waals surface area contributed by atoms with Crippen molar-refractivity contribution in [2.75, 3.05) is 18.5 Å². The molecule has 0 unspecified atom stereocenters. The van der Waals surface area contributed by atoms with Crippen molar-refractivity contribution in [1.82, 2.24) is 5.32 Å². The summed E-state index contributed by atoms with van der Waals surface area (Å²) in [5.74, 6) is 0.888. The molecule has 150 valence electrons. The van der Waals surface area contributed by atoms with Gasteiger partial charge in [0.1, 0.15) is 5.75 Å². The van der Waals surface area contributed by atoms with Crippen LogP contribution in [0.4, 0.5) is 5.69 Å². The number of amides is 2. The Morgan fingerprint density at radius 3 is 2.50 bits per heavy atom. The van der Waals surface area contributed by atoms with Crippen LogP contribution >= 0.6 is 15.9 Å². The first-order chi connectivity index (χ1) is 13.4. The molecular formula is C22H27BrN2O3. The van der Waals surface area contributed by atoms with Gasteiger partial charge >= 0.3 is 0 Å². The summed E-state index contributed by atoms with van der Waals surface area (Å²) in [5.41, 5.74) is 1.59. The predicted molar refractivity (Wildman–Crippen MR) is 116 cm³/mol. The fraction of sp³-hybridized carbons (Fsp3) is 0.364. The number of hydrogen-bond acceptors (Lipinski definition) is 3. The number of hydrogen-bond donors (Lipinski definition) is 2. The van der Waals surface area contributed by atoms with Crippen molar-refractivity contribution in [1.29, 1.82) is 0 Å². The third-order valence-electron chi connectivity index (χ3n) is 4.07. The number of carbonyl (C=O) groups excluding carboxylic acids is 2. The Bertz CT molecular complexity index is 821. The number of halogens is 1. The van der Waals surface area contributed by atoms with Crippen molar-refractivity contribution in [3.63, 3.8) is 0 Å². The molecule has 0 radical (unpaired) electrons. The van der Waals surface area contributed by atoms with Crippen LogP contribution < -0.4 is 15.4 Å². The van der Waals surface area contributed by atoms with Gasteiger partial charge in [-0.1, -0.05) is 26.8 Å². The van der Waals surface area contributed by atoms with Crippen LogP contribution in [0.15, 0.2) is 46.9 Å². The van der Waals surface area contributed by atoms with Crippen LogP contribution in [-0.4, -0.2) is 25.0 Å². The van der Waals surface area contributed by atoms with E-state index in [1.165, 1.54) is 0 Å². The Labute approximate surface area is 175 Å². The molecule has 6 heteroatoms. The number of rotatable bonds is 9. The number of anilines is 1. The number of carbonyl (C=O) groups is 2. The van der Waals surface area contributed by atoms with E-state index in [-0.39, 0.29) is 11.8 Å². The molecule has 0 saturated heterocycles. The molecule has 0 aliphatic rings. The first-order valence-electron chi connectivity index (χ1n) is 9.52. The van der Waals surface area contributed by atoms with Crippen LogP contribution in [0.25, 0.3) is 0 Å². The van der Waals surface area contributed by atoms with Crippen LogP contribution in [0, 0.1) is 5.92 Å². The topological polar surface area (TPSA) is 67.4 Å². The van der Waals surface area contributed by atoms with Gasteiger partial charge in [-0.15, -0.1) is 0 Å². The van der Waals surface area contributed by atoms with Crippen LogP contribution in [0.3, 0.4) is 0 Å². The van der Waals surface area contributed by atoms with E-state index in [0.29, 0.717) is 41.6 Å². The van der Waals surface area contributed by atoms with Crippen molar-refractivity contribution in [3.8, 4) is 5.75 Å². The zero-order valence-electron chi connectivity index (χ0n) is 16.5. The third kappa shape index (κ3) is 6.68. The first-order valence-corrected chi connectivity index (χ1v) is 10.3. The van der Waals surface area contributed by atoms with E-state index in [2.05, 4.69) is 40.4 Å². The fourth-order valence-electron chi connectivity index (χ4n) is 2.45. The predicted octanol–water partition coefficient (Wildman–Crippen LogP) is 5.27. The monoisotopic (exact) mass is 446 g/mol. The normalized spacial score (nSPS) is 10.6. The average molecular weight is 447 g/mol. The lowest BCUT2D eigenvalue weighted by Crippen LogP contribution is -2.24. The largest absolute Gasteiger partial charge is 0.492 e. The van der Waals surface area contributed by atoms with Gasteiger partial charge in [0.25, 0.3) is 11.8 Å². The van der Waals surface area contributed by atoms with Crippen LogP contribution in [0.2, 0.25) is 0 Å². The lowest BCUT2D eigenvalue weighted by atomic mass is 10.1. The summed E-state index contributed by atoms with van der Waals surface area (Å²) < 4.78 is 6.48. The molecule has 28 heavy (non-hydrogen) atoms. The maximum atomic E-state index is 12.6. The van der Waals surface area contributed by atoms with E-state index in [0.717, 1.165) is 17.3 Å². The molecule has 2 N–H and O–H groups in total. The Hall–Kier alpha value is -2.34. The number of benzene rings is 2. The average Bonchev–Trinajstić information content (AvgIpc) is 2.67. The first kappa shape index (κ1) is 22.0. The molecule has 2 rings (SSSR count). The van der Waals surface area contributed by atoms with E-state index in [1.807, 2.05) is 6.92 Å². The molecule has 0 saturated carbocycles. The van der Waals surface area contributed by atoms with Gasteiger partial charge in [0, 0.05) is 23.4 Å². The molecule has 2 aromatic carbocycles.